The lowest BCUT2D eigenvalue weighted by molar-refractivity contribution is -0.142. The highest BCUT2D eigenvalue weighted by molar-refractivity contribution is 5.87. The molecule has 0 atom stereocenters. The van der Waals surface area contributed by atoms with Gasteiger partial charge in [0.05, 0.1) is 25.4 Å². The first kappa shape index (κ1) is 14.2. The first-order chi connectivity index (χ1) is 9.60. The number of carbonyl (C=O) groups excluding carboxylic acids is 1. The van der Waals surface area contributed by atoms with Gasteiger partial charge in [-0.3, -0.25) is 9.78 Å². The van der Waals surface area contributed by atoms with Gasteiger partial charge >= 0.3 is 11.9 Å². The Bertz CT molecular complexity index is 498. The lowest BCUT2D eigenvalue weighted by Gasteiger charge is -2.27. The van der Waals surface area contributed by atoms with Crippen LogP contribution in [0.4, 0.5) is 5.82 Å². The molecule has 0 spiro atoms. The maximum absolute atomic E-state index is 11.4. The van der Waals surface area contributed by atoms with E-state index in [4.69, 9.17) is 5.11 Å². The molecular formula is C13H17N3O4. The van der Waals surface area contributed by atoms with Crippen molar-refractivity contribution >= 4 is 17.8 Å². The number of methoxy groups -OCH3 is 1. The zero-order valence-corrected chi connectivity index (χ0v) is 11.2. The molecule has 1 fully saturated rings. The SMILES string of the molecule is COC(=O)c1cncc(NC2CCC(C(=O)O)CC2)n1. The van der Waals surface area contributed by atoms with Gasteiger partial charge in [-0.25, -0.2) is 9.78 Å². The number of anilines is 1. The fourth-order valence-corrected chi connectivity index (χ4v) is 2.33. The number of carboxylic acids is 1. The average Bonchev–Trinajstić information content (AvgIpc) is 2.47. The largest absolute Gasteiger partial charge is 0.481 e. The van der Waals surface area contributed by atoms with Gasteiger partial charge in [-0.15, -0.1) is 0 Å². The molecule has 0 radical (unpaired) electrons. The highest BCUT2D eigenvalue weighted by Gasteiger charge is 2.26. The molecule has 1 aliphatic carbocycles. The predicted octanol–water partition coefficient (Wildman–Crippen LogP) is 1.32. The molecule has 108 valence electrons. The van der Waals surface area contributed by atoms with Gasteiger partial charge in [-0.1, -0.05) is 0 Å². The van der Waals surface area contributed by atoms with Crippen molar-refractivity contribution in [3.63, 3.8) is 0 Å². The summed E-state index contributed by atoms with van der Waals surface area (Å²) in [7, 11) is 1.29. The van der Waals surface area contributed by atoms with E-state index in [0.29, 0.717) is 18.7 Å². The number of hydrogen-bond acceptors (Lipinski definition) is 6. The Morgan fingerprint density at radius 2 is 2.00 bits per heavy atom. The average molecular weight is 279 g/mol. The van der Waals surface area contributed by atoms with Crippen molar-refractivity contribution in [3.8, 4) is 0 Å². The third-order valence-electron chi connectivity index (χ3n) is 3.46. The van der Waals surface area contributed by atoms with Crippen LogP contribution in [0.2, 0.25) is 0 Å². The summed E-state index contributed by atoms with van der Waals surface area (Å²) >= 11 is 0. The zero-order chi connectivity index (χ0) is 14.5. The van der Waals surface area contributed by atoms with E-state index in [1.165, 1.54) is 19.5 Å². The van der Waals surface area contributed by atoms with Crippen LogP contribution in [0.5, 0.6) is 0 Å². The molecule has 0 aromatic carbocycles. The van der Waals surface area contributed by atoms with E-state index in [0.717, 1.165) is 12.8 Å². The normalized spacial score (nSPS) is 22.1. The van der Waals surface area contributed by atoms with Crippen LogP contribution < -0.4 is 5.32 Å². The van der Waals surface area contributed by atoms with Crippen LogP contribution >= 0.6 is 0 Å². The lowest BCUT2D eigenvalue weighted by Crippen LogP contribution is -2.29. The number of aliphatic carboxylic acids is 1. The maximum Gasteiger partial charge on any atom is 0.358 e. The van der Waals surface area contributed by atoms with E-state index in [2.05, 4.69) is 20.0 Å². The zero-order valence-electron chi connectivity index (χ0n) is 11.2. The molecule has 0 saturated heterocycles. The molecule has 0 amide bonds. The van der Waals surface area contributed by atoms with Crippen molar-refractivity contribution in [1.82, 2.24) is 9.97 Å². The van der Waals surface area contributed by atoms with Gasteiger partial charge < -0.3 is 15.2 Å². The van der Waals surface area contributed by atoms with E-state index in [9.17, 15) is 9.59 Å². The molecule has 0 aliphatic heterocycles. The van der Waals surface area contributed by atoms with Crippen molar-refractivity contribution in [2.24, 2.45) is 5.92 Å². The van der Waals surface area contributed by atoms with Gasteiger partial charge in [0.25, 0.3) is 0 Å². The molecule has 2 N–H and O–H groups in total. The van der Waals surface area contributed by atoms with Gasteiger partial charge in [0.15, 0.2) is 5.69 Å². The summed E-state index contributed by atoms with van der Waals surface area (Å²) in [5.74, 6) is -1.00. The Balaban J connectivity index is 1.94. The lowest BCUT2D eigenvalue weighted by atomic mass is 9.86. The quantitative estimate of drug-likeness (QED) is 0.801. The third-order valence-corrected chi connectivity index (χ3v) is 3.46. The second-order valence-electron chi connectivity index (χ2n) is 4.81. The molecule has 1 aromatic rings. The standard InChI is InChI=1S/C13H17N3O4/c1-20-13(19)10-6-14-7-11(16-10)15-9-4-2-8(3-5-9)12(17)18/h6-9H,2-5H2,1H3,(H,15,16)(H,17,18). The predicted molar refractivity (Wildman–Crippen MR) is 70.4 cm³/mol. The van der Waals surface area contributed by atoms with E-state index >= 15 is 0 Å². The highest BCUT2D eigenvalue weighted by atomic mass is 16.5. The van der Waals surface area contributed by atoms with E-state index < -0.39 is 11.9 Å². The Kier molecular flexibility index (Phi) is 4.49. The number of hydrogen-bond donors (Lipinski definition) is 2. The number of carbonyl (C=O) groups is 2. The summed E-state index contributed by atoms with van der Waals surface area (Å²) in [6, 6.07) is 0.160. The Labute approximate surface area is 116 Å². The molecule has 1 saturated carbocycles. The van der Waals surface area contributed by atoms with Gasteiger partial charge in [0.2, 0.25) is 0 Å². The monoisotopic (exact) mass is 279 g/mol. The molecule has 1 aromatic heterocycles. The van der Waals surface area contributed by atoms with Crippen molar-refractivity contribution in [1.29, 1.82) is 0 Å². The van der Waals surface area contributed by atoms with Crippen molar-refractivity contribution in [2.75, 3.05) is 12.4 Å². The number of aromatic nitrogens is 2. The minimum absolute atomic E-state index is 0.150. The summed E-state index contributed by atoms with van der Waals surface area (Å²) in [5, 5.41) is 12.1. The van der Waals surface area contributed by atoms with Crippen LogP contribution in [0.3, 0.4) is 0 Å². The number of esters is 1. The van der Waals surface area contributed by atoms with E-state index in [1.807, 2.05) is 0 Å². The van der Waals surface area contributed by atoms with E-state index in [1.54, 1.807) is 0 Å². The van der Waals surface area contributed by atoms with Crippen LogP contribution in [0, 0.1) is 5.92 Å². The van der Waals surface area contributed by atoms with Crippen LogP contribution in [0.1, 0.15) is 36.2 Å². The molecule has 0 bridgehead atoms. The minimum Gasteiger partial charge on any atom is -0.481 e. The Morgan fingerprint density at radius 1 is 1.30 bits per heavy atom. The Morgan fingerprint density at radius 3 is 2.60 bits per heavy atom. The molecule has 7 nitrogen and oxygen atoms in total. The highest BCUT2D eigenvalue weighted by Crippen LogP contribution is 2.26. The van der Waals surface area contributed by atoms with Crippen LogP contribution in [-0.2, 0) is 9.53 Å². The summed E-state index contributed by atoms with van der Waals surface area (Å²) in [5.41, 5.74) is 0.150. The smallest absolute Gasteiger partial charge is 0.358 e. The first-order valence-corrected chi connectivity index (χ1v) is 6.50. The fourth-order valence-electron chi connectivity index (χ4n) is 2.33. The first-order valence-electron chi connectivity index (χ1n) is 6.50. The van der Waals surface area contributed by atoms with E-state index in [-0.39, 0.29) is 17.7 Å². The second kappa shape index (κ2) is 6.31. The summed E-state index contributed by atoms with van der Waals surface area (Å²) in [4.78, 5) is 30.3. The number of rotatable bonds is 4. The Hall–Kier alpha value is -2.18. The topological polar surface area (TPSA) is 101 Å². The summed E-state index contributed by atoms with van der Waals surface area (Å²) < 4.78 is 4.59. The van der Waals surface area contributed by atoms with Gasteiger partial charge in [0.1, 0.15) is 5.82 Å². The summed E-state index contributed by atoms with van der Waals surface area (Å²) in [6.07, 6.45) is 5.71. The second-order valence-corrected chi connectivity index (χ2v) is 4.81. The number of nitrogens with one attached hydrogen (secondary N) is 1. The van der Waals surface area contributed by atoms with Crippen LogP contribution in [-0.4, -0.2) is 40.2 Å². The molecule has 1 heterocycles. The van der Waals surface area contributed by atoms with Crippen LogP contribution in [0.15, 0.2) is 12.4 Å². The van der Waals surface area contributed by atoms with Crippen LogP contribution in [0.25, 0.3) is 0 Å². The number of nitrogens with zero attached hydrogens (tertiary/aromatic N) is 2. The van der Waals surface area contributed by atoms with Crippen molar-refractivity contribution in [2.45, 2.75) is 31.7 Å². The molecule has 7 heteroatoms. The number of ether oxygens (including phenoxy) is 1. The van der Waals surface area contributed by atoms with Gasteiger partial charge in [0, 0.05) is 6.04 Å². The molecule has 2 rings (SSSR count). The van der Waals surface area contributed by atoms with Gasteiger partial charge in [-0.2, -0.15) is 0 Å². The fraction of sp³-hybridized carbons (Fsp3) is 0.538. The molecule has 0 unspecified atom stereocenters. The maximum atomic E-state index is 11.4. The molecule has 20 heavy (non-hydrogen) atoms. The third kappa shape index (κ3) is 3.43. The van der Waals surface area contributed by atoms with Crippen molar-refractivity contribution < 1.29 is 19.4 Å². The van der Waals surface area contributed by atoms with Crippen molar-refractivity contribution in [3.05, 3.63) is 18.1 Å². The molecular weight excluding hydrogens is 262 g/mol. The van der Waals surface area contributed by atoms with Gasteiger partial charge in [-0.05, 0) is 25.7 Å². The molecule has 1 aliphatic rings. The summed E-state index contributed by atoms with van der Waals surface area (Å²) in [6.45, 7) is 0. The number of carboxylic acid groups (broad SMARTS) is 1. The minimum atomic E-state index is -0.726.